The van der Waals surface area contributed by atoms with Gasteiger partial charge >= 0.3 is 0 Å². The first-order valence-corrected chi connectivity index (χ1v) is 8.79. The summed E-state index contributed by atoms with van der Waals surface area (Å²) in [5.74, 6) is -0.224. The van der Waals surface area contributed by atoms with Crippen molar-refractivity contribution in [3.05, 3.63) is 76.9 Å². The van der Waals surface area contributed by atoms with Crippen molar-refractivity contribution in [3.8, 4) is 11.3 Å². The van der Waals surface area contributed by atoms with E-state index in [0.717, 1.165) is 16.8 Å². The molecule has 1 unspecified atom stereocenters. The van der Waals surface area contributed by atoms with Gasteiger partial charge in [0.25, 0.3) is 5.91 Å². The second kappa shape index (κ2) is 8.17. The lowest BCUT2D eigenvalue weighted by Crippen LogP contribution is -2.41. The molecule has 0 bridgehead atoms. The molecule has 0 aliphatic heterocycles. The van der Waals surface area contributed by atoms with Crippen LogP contribution in [0.15, 0.2) is 60.8 Å². The number of halogens is 1. The SMILES string of the molecule is Cn1nccc1-c1ccc(C(=O)NC(CN)Cc2ccccc2)c(Cl)c1. The quantitative estimate of drug-likeness (QED) is 0.702. The zero-order valence-corrected chi connectivity index (χ0v) is 15.3. The summed E-state index contributed by atoms with van der Waals surface area (Å²) in [4.78, 5) is 12.6. The standard InChI is InChI=1S/C20H21ClN4O/c1-25-19(9-10-23-25)15-7-8-17(18(21)12-15)20(26)24-16(13-22)11-14-5-3-2-4-6-14/h2-10,12,16H,11,13,22H2,1H3,(H,24,26). The Balaban J connectivity index is 1.73. The van der Waals surface area contributed by atoms with E-state index in [1.807, 2.05) is 49.5 Å². The minimum absolute atomic E-state index is 0.155. The van der Waals surface area contributed by atoms with E-state index in [0.29, 0.717) is 23.6 Å². The minimum Gasteiger partial charge on any atom is -0.348 e. The zero-order valence-electron chi connectivity index (χ0n) is 14.5. The highest BCUT2D eigenvalue weighted by Gasteiger charge is 2.16. The van der Waals surface area contributed by atoms with Gasteiger partial charge in [0.2, 0.25) is 0 Å². The third-order valence-electron chi connectivity index (χ3n) is 4.28. The Morgan fingerprint density at radius 3 is 2.62 bits per heavy atom. The normalized spacial score (nSPS) is 12.0. The number of rotatable bonds is 6. The van der Waals surface area contributed by atoms with Gasteiger partial charge in [-0.3, -0.25) is 9.48 Å². The molecule has 2 aromatic carbocycles. The minimum atomic E-state index is -0.224. The molecule has 134 valence electrons. The van der Waals surface area contributed by atoms with Gasteiger partial charge < -0.3 is 11.1 Å². The Morgan fingerprint density at radius 1 is 1.23 bits per heavy atom. The van der Waals surface area contributed by atoms with Gasteiger partial charge in [-0.2, -0.15) is 5.10 Å². The number of aromatic nitrogens is 2. The largest absolute Gasteiger partial charge is 0.348 e. The van der Waals surface area contributed by atoms with E-state index in [1.165, 1.54) is 0 Å². The summed E-state index contributed by atoms with van der Waals surface area (Å²) < 4.78 is 1.76. The Morgan fingerprint density at radius 2 is 2.00 bits per heavy atom. The van der Waals surface area contributed by atoms with Crippen LogP contribution >= 0.6 is 11.6 Å². The van der Waals surface area contributed by atoms with E-state index in [-0.39, 0.29) is 11.9 Å². The van der Waals surface area contributed by atoms with Crippen LogP contribution in [0.4, 0.5) is 0 Å². The summed E-state index contributed by atoms with van der Waals surface area (Å²) in [5, 5.41) is 7.52. The van der Waals surface area contributed by atoms with Crippen LogP contribution in [0.2, 0.25) is 5.02 Å². The number of nitrogens with one attached hydrogen (secondary N) is 1. The molecule has 5 nitrogen and oxygen atoms in total. The second-order valence-corrected chi connectivity index (χ2v) is 6.54. The van der Waals surface area contributed by atoms with Crippen LogP contribution in [0.5, 0.6) is 0 Å². The lowest BCUT2D eigenvalue weighted by molar-refractivity contribution is 0.0938. The predicted octanol–water partition coefficient (Wildman–Crippen LogP) is 3.04. The van der Waals surface area contributed by atoms with Crippen LogP contribution in [-0.4, -0.2) is 28.3 Å². The molecule has 0 aliphatic rings. The van der Waals surface area contributed by atoms with Crippen molar-refractivity contribution in [1.29, 1.82) is 0 Å². The van der Waals surface area contributed by atoms with E-state index in [2.05, 4.69) is 10.4 Å². The Kier molecular flexibility index (Phi) is 5.71. The summed E-state index contributed by atoms with van der Waals surface area (Å²) in [6.45, 7) is 0.353. The highest BCUT2D eigenvalue weighted by molar-refractivity contribution is 6.34. The number of hydrogen-bond acceptors (Lipinski definition) is 3. The molecule has 0 radical (unpaired) electrons. The van der Waals surface area contributed by atoms with Crippen molar-refractivity contribution in [1.82, 2.24) is 15.1 Å². The predicted molar refractivity (Wildman–Crippen MR) is 104 cm³/mol. The van der Waals surface area contributed by atoms with Gasteiger partial charge in [-0.05, 0) is 30.2 Å². The van der Waals surface area contributed by atoms with Crippen molar-refractivity contribution < 1.29 is 4.79 Å². The second-order valence-electron chi connectivity index (χ2n) is 6.13. The molecule has 1 heterocycles. The van der Waals surface area contributed by atoms with Crippen molar-refractivity contribution in [2.75, 3.05) is 6.54 Å². The fourth-order valence-corrected chi connectivity index (χ4v) is 3.14. The van der Waals surface area contributed by atoms with Crippen molar-refractivity contribution >= 4 is 17.5 Å². The number of carbonyl (C=O) groups excluding carboxylic acids is 1. The molecule has 1 amide bonds. The molecule has 26 heavy (non-hydrogen) atoms. The first kappa shape index (κ1) is 18.2. The topological polar surface area (TPSA) is 72.9 Å². The highest BCUT2D eigenvalue weighted by atomic mass is 35.5. The molecule has 0 spiro atoms. The van der Waals surface area contributed by atoms with Crippen LogP contribution in [0, 0.1) is 0 Å². The van der Waals surface area contributed by atoms with Crippen LogP contribution in [-0.2, 0) is 13.5 Å². The van der Waals surface area contributed by atoms with E-state index in [4.69, 9.17) is 17.3 Å². The first-order chi connectivity index (χ1) is 12.6. The molecule has 0 saturated heterocycles. The Bertz CT molecular complexity index is 892. The fourth-order valence-electron chi connectivity index (χ4n) is 2.87. The van der Waals surface area contributed by atoms with Crippen molar-refractivity contribution in [3.63, 3.8) is 0 Å². The third-order valence-corrected chi connectivity index (χ3v) is 4.59. The van der Waals surface area contributed by atoms with E-state index < -0.39 is 0 Å². The van der Waals surface area contributed by atoms with E-state index in [1.54, 1.807) is 23.0 Å². The van der Waals surface area contributed by atoms with Gasteiger partial charge in [0, 0.05) is 31.4 Å². The molecule has 0 saturated carbocycles. The van der Waals surface area contributed by atoms with Crippen LogP contribution in [0.1, 0.15) is 15.9 Å². The van der Waals surface area contributed by atoms with Gasteiger partial charge in [0.05, 0.1) is 16.3 Å². The number of aryl methyl sites for hydroxylation is 1. The maximum Gasteiger partial charge on any atom is 0.253 e. The van der Waals surface area contributed by atoms with Crippen molar-refractivity contribution in [2.45, 2.75) is 12.5 Å². The number of nitrogens with two attached hydrogens (primary N) is 1. The maximum absolute atomic E-state index is 12.6. The number of carbonyl (C=O) groups is 1. The lowest BCUT2D eigenvalue weighted by atomic mass is 10.0. The van der Waals surface area contributed by atoms with E-state index in [9.17, 15) is 4.79 Å². The van der Waals surface area contributed by atoms with Gasteiger partial charge in [0.15, 0.2) is 0 Å². The lowest BCUT2D eigenvalue weighted by Gasteiger charge is -2.17. The molecule has 1 aromatic heterocycles. The number of benzene rings is 2. The molecule has 0 aliphatic carbocycles. The Labute approximate surface area is 157 Å². The van der Waals surface area contributed by atoms with Gasteiger partial charge in [-0.1, -0.05) is 48.0 Å². The van der Waals surface area contributed by atoms with Crippen LogP contribution in [0.25, 0.3) is 11.3 Å². The summed E-state index contributed by atoms with van der Waals surface area (Å²) >= 11 is 6.36. The molecule has 0 fully saturated rings. The third kappa shape index (κ3) is 4.12. The van der Waals surface area contributed by atoms with Gasteiger partial charge in [0.1, 0.15) is 0 Å². The van der Waals surface area contributed by atoms with Gasteiger partial charge in [-0.25, -0.2) is 0 Å². The summed E-state index contributed by atoms with van der Waals surface area (Å²) in [6.07, 6.45) is 2.40. The summed E-state index contributed by atoms with van der Waals surface area (Å²) in [7, 11) is 1.86. The molecule has 1 atom stereocenters. The molecule has 3 aromatic rings. The Hall–Kier alpha value is -2.63. The smallest absolute Gasteiger partial charge is 0.253 e. The summed E-state index contributed by atoms with van der Waals surface area (Å²) in [5.41, 5.74) is 9.23. The molecule has 3 N–H and O–H groups in total. The van der Waals surface area contributed by atoms with Crippen molar-refractivity contribution in [2.24, 2.45) is 12.8 Å². The maximum atomic E-state index is 12.6. The molecule has 3 rings (SSSR count). The fraction of sp³-hybridized carbons (Fsp3) is 0.200. The highest BCUT2D eigenvalue weighted by Crippen LogP contribution is 2.25. The number of hydrogen-bond donors (Lipinski definition) is 2. The number of nitrogens with zero attached hydrogens (tertiary/aromatic N) is 2. The van der Waals surface area contributed by atoms with Gasteiger partial charge in [-0.15, -0.1) is 0 Å². The van der Waals surface area contributed by atoms with E-state index >= 15 is 0 Å². The average molecular weight is 369 g/mol. The molecular weight excluding hydrogens is 348 g/mol. The summed E-state index contributed by atoms with van der Waals surface area (Å²) in [6, 6.07) is 17.1. The van der Waals surface area contributed by atoms with Crippen LogP contribution in [0.3, 0.4) is 0 Å². The first-order valence-electron chi connectivity index (χ1n) is 8.41. The molecular formula is C20H21ClN4O. The zero-order chi connectivity index (χ0) is 18.5. The monoisotopic (exact) mass is 368 g/mol. The number of amides is 1. The van der Waals surface area contributed by atoms with Crippen LogP contribution < -0.4 is 11.1 Å². The molecule has 6 heteroatoms. The average Bonchev–Trinajstić information content (AvgIpc) is 3.07.